The van der Waals surface area contributed by atoms with Crippen LogP contribution >= 0.6 is 0 Å². The second-order valence-electron chi connectivity index (χ2n) is 10.4. The van der Waals surface area contributed by atoms with Crippen molar-refractivity contribution in [1.82, 2.24) is 0 Å². The third-order valence-corrected chi connectivity index (χ3v) is 8.22. The van der Waals surface area contributed by atoms with Gasteiger partial charge in [-0.1, -0.05) is 121 Å². The second kappa shape index (κ2) is 8.80. The molecule has 8 rings (SSSR count). The molecule has 0 bridgehead atoms. The van der Waals surface area contributed by atoms with Gasteiger partial charge in [0.25, 0.3) is 0 Å². The van der Waals surface area contributed by atoms with E-state index in [9.17, 15) is 5.26 Å². The molecule has 0 aromatic heterocycles. The summed E-state index contributed by atoms with van der Waals surface area (Å²) < 4.78 is 0. The molecule has 0 atom stereocenters. The summed E-state index contributed by atoms with van der Waals surface area (Å²) in [7, 11) is 0. The van der Waals surface area contributed by atoms with Crippen molar-refractivity contribution in [1.29, 1.82) is 5.26 Å². The molecular weight excluding hydrogens is 482 g/mol. The summed E-state index contributed by atoms with van der Waals surface area (Å²) in [5.74, 6) is 0. The SMILES string of the molecule is N#Cc1ccc(-c2ccc3c(-c4ccccc4)c4c(c(-c5ccccc5)c3c2)-c2cccc3cccc-4c23)cc1. The van der Waals surface area contributed by atoms with E-state index in [1.165, 1.54) is 66.1 Å². The smallest absolute Gasteiger partial charge is 0.0991 e. The van der Waals surface area contributed by atoms with Crippen LogP contribution in [0.15, 0.2) is 140 Å². The molecule has 7 aromatic rings. The molecule has 0 fully saturated rings. The highest BCUT2D eigenvalue weighted by Gasteiger charge is 2.30. The lowest BCUT2D eigenvalue weighted by molar-refractivity contribution is 1.48. The van der Waals surface area contributed by atoms with Gasteiger partial charge in [-0.3, -0.25) is 0 Å². The van der Waals surface area contributed by atoms with Crippen molar-refractivity contribution in [3.63, 3.8) is 0 Å². The van der Waals surface area contributed by atoms with Crippen molar-refractivity contribution >= 4 is 21.5 Å². The molecule has 0 saturated carbocycles. The summed E-state index contributed by atoms with van der Waals surface area (Å²) in [5.41, 5.74) is 13.1. The molecule has 1 heteroatoms. The zero-order valence-corrected chi connectivity index (χ0v) is 21.7. The highest BCUT2D eigenvalue weighted by Crippen LogP contribution is 2.57. The molecule has 1 aliphatic carbocycles. The predicted molar refractivity (Wildman–Crippen MR) is 167 cm³/mol. The minimum Gasteiger partial charge on any atom is -0.192 e. The molecule has 0 unspecified atom stereocenters. The molecule has 0 spiro atoms. The Morgan fingerprint density at radius 3 is 1.52 bits per heavy atom. The number of nitrogens with zero attached hydrogens (tertiary/aromatic N) is 1. The van der Waals surface area contributed by atoms with Crippen LogP contribution in [0.25, 0.3) is 77.2 Å². The summed E-state index contributed by atoms with van der Waals surface area (Å²) in [6.07, 6.45) is 0. The Hall–Kier alpha value is -5.45. The van der Waals surface area contributed by atoms with Gasteiger partial charge in [0.05, 0.1) is 11.6 Å². The van der Waals surface area contributed by atoms with Crippen molar-refractivity contribution in [3.8, 4) is 61.7 Å². The summed E-state index contributed by atoms with van der Waals surface area (Å²) in [4.78, 5) is 0. The third-order valence-electron chi connectivity index (χ3n) is 8.22. The first-order chi connectivity index (χ1) is 19.8. The van der Waals surface area contributed by atoms with Gasteiger partial charge in [-0.15, -0.1) is 0 Å². The van der Waals surface area contributed by atoms with Gasteiger partial charge in [0.15, 0.2) is 0 Å². The molecule has 0 amide bonds. The quantitative estimate of drug-likeness (QED) is 0.234. The molecule has 0 aliphatic heterocycles. The molecule has 1 aliphatic rings. The van der Waals surface area contributed by atoms with E-state index in [0.29, 0.717) is 5.56 Å². The Morgan fingerprint density at radius 2 is 0.950 bits per heavy atom. The van der Waals surface area contributed by atoms with Gasteiger partial charge in [-0.2, -0.15) is 5.26 Å². The number of nitriles is 1. The van der Waals surface area contributed by atoms with E-state index in [4.69, 9.17) is 0 Å². The van der Waals surface area contributed by atoms with Gasteiger partial charge in [-0.25, -0.2) is 0 Å². The Morgan fingerprint density at radius 1 is 0.400 bits per heavy atom. The first-order valence-corrected chi connectivity index (χ1v) is 13.6. The molecule has 184 valence electrons. The molecule has 0 radical (unpaired) electrons. The first-order valence-electron chi connectivity index (χ1n) is 13.6. The Balaban J connectivity index is 1.57. The minimum absolute atomic E-state index is 0.671. The maximum atomic E-state index is 9.32. The lowest BCUT2D eigenvalue weighted by Gasteiger charge is -2.21. The van der Waals surface area contributed by atoms with Crippen LogP contribution in [0.4, 0.5) is 0 Å². The monoisotopic (exact) mass is 505 g/mol. The highest BCUT2D eigenvalue weighted by atomic mass is 14.3. The highest BCUT2D eigenvalue weighted by molar-refractivity contribution is 6.27. The van der Waals surface area contributed by atoms with E-state index in [-0.39, 0.29) is 0 Å². The van der Waals surface area contributed by atoms with Gasteiger partial charge in [0.1, 0.15) is 0 Å². The Labute approximate surface area is 233 Å². The molecule has 1 nitrogen and oxygen atoms in total. The zero-order chi connectivity index (χ0) is 26.6. The number of hydrogen-bond acceptors (Lipinski definition) is 1. The van der Waals surface area contributed by atoms with E-state index >= 15 is 0 Å². The van der Waals surface area contributed by atoms with Crippen LogP contribution < -0.4 is 0 Å². The van der Waals surface area contributed by atoms with Crippen LogP contribution in [0.3, 0.4) is 0 Å². The molecule has 7 aromatic carbocycles. The maximum absolute atomic E-state index is 9.32. The van der Waals surface area contributed by atoms with Crippen LogP contribution in [0.5, 0.6) is 0 Å². The number of rotatable bonds is 3. The lowest BCUT2D eigenvalue weighted by atomic mass is 9.82. The van der Waals surface area contributed by atoms with Gasteiger partial charge in [-0.05, 0) is 95.4 Å². The second-order valence-corrected chi connectivity index (χ2v) is 10.4. The van der Waals surface area contributed by atoms with Gasteiger partial charge >= 0.3 is 0 Å². The van der Waals surface area contributed by atoms with Crippen molar-refractivity contribution in [2.75, 3.05) is 0 Å². The molecule has 0 saturated heterocycles. The fourth-order valence-corrected chi connectivity index (χ4v) is 6.51. The fraction of sp³-hybridized carbons (Fsp3) is 0. The van der Waals surface area contributed by atoms with Gasteiger partial charge < -0.3 is 0 Å². The van der Waals surface area contributed by atoms with Gasteiger partial charge in [0, 0.05) is 0 Å². The van der Waals surface area contributed by atoms with E-state index in [0.717, 1.165) is 11.1 Å². The lowest BCUT2D eigenvalue weighted by Crippen LogP contribution is -1.94. The molecule has 0 N–H and O–H groups in total. The van der Waals surface area contributed by atoms with Crippen LogP contribution in [0, 0.1) is 11.3 Å². The van der Waals surface area contributed by atoms with E-state index in [1.807, 2.05) is 24.3 Å². The fourth-order valence-electron chi connectivity index (χ4n) is 6.51. The van der Waals surface area contributed by atoms with E-state index < -0.39 is 0 Å². The summed E-state index contributed by atoms with van der Waals surface area (Å²) >= 11 is 0. The Bertz CT molecular complexity index is 2130. The number of hydrogen-bond donors (Lipinski definition) is 0. The number of fused-ring (bicyclic) bond motifs is 4. The largest absolute Gasteiger partial charge is 0.192 e. The molecular formula is C39H23N. The van der Waals surface area contributed by atoms with Gasteiger partial charge in [0.2, 0.25) is 0 Å². The Kier molecular flexibility index (Phi) is 4.96. The summed E-state index contributed by atoms with van der Waals surface area (Å²) in [6, 6.07) is 52.0. The number of benzene rings is 7. The average molecular weight is 506 g/mol. The van der Waals surface area contributed by atoms with Crippen molar-refractivity contribution in [2.24, 2.45) is 0 Å². The maximum Gasteiger partial charge on any atom is 0.0991 e. The summed E-state index contributed by atoms with van der Waals surface area (Å²) in [5, 5.41) is 14.4. The van der Waals surface area contributed by atoms with Crippen molar-refractivity contribution in [2.45, 2.75) is 0 Å². The van der Waals surface area contributed by atoms with Crippen LogP contribution in [0.2, 0.25) is 0 Å². The first kappa shape index (κ1) is 22.5. The average Bonchev–Trinajstić information content (AvgIpc) is 3.36. The minimum atomic E-state index is 0.671. The standard InChI is InChI=1S/C39H23N/c40-24-25-17-19-26(20-18-25)30-21-22-31-34(23-30)37(29-11-5-2-6-12-29)39-33-16-8-14-27-13-7-15-32(35(27)33)38(39)36(31)28-9-3-1-4-10-28/h1-23H. The van der Waals surface area contributed by atoms with Crippen LogP contribution in [-0.4, -0.2) is 0 Å². The molecule has 0 heterocycles. The topological polar surface area (TPSA) is 23.8 Å². The molecule has 40 heavy (non-hydrogen) atoms. The zero-order valence-electron chi connectivity index (χ0n) is 21.7. The van der Waals surface area contributed by atoms with Crippen LogP contribution in [0.1, 0.15) is 5.56 Å². The van der Waals surface area contributed by atoms with Crippen molar-refractivity contribution < 1.29 is 0 Å². The normalized spacial score (nSPS) is 11.5. The van der Waals surface area contributed by atoms with Crippen LogP contribution in [-0.2, 0) is 0 Å². The third kappa shape index (κ3) is 3.27. The summed E-state index contributed by atoms with van der Waals surface area (Å²) in [6.45, 7) is 0. The van der Waals surface area contributed by atoms with Crippen molar-refractivity contribution in [3.05, 3.63) is 145 Å². The van der Waals surface area contributed by atoms with E-state index in [2.05, 4.69) is 121 Å². The van der Waals surface area contributed by atoms with E-state index in [1.54, 1.807) is 0 Å². The predicted octanol–water partition coefficient (Wildman–Crippen LogP) is 10.5.